The van der Waals surface area contributed by atoms with E-state index in [-0.39, 0.29) is 35.1 Å². The minimum Gasteiger partial charge on any atom is -0.323 e. The van der Waals surface area contributed by atoms with Crippen molar-refractivity contribution in [1.29, 1.82) is 0 Å². The van der Waals surface area contributed by atoms with Crippen molar-refractivity contribution < 1.29 is 18.9 Å². The van der Waals surface area contributed by atoms with Crippen LogP contribution >= 0.6 is 40.2 Å². The Hall–Kier alpha value is -2.39. The molecule has 0 unspecified atom stereocenters. The molecule has 0 saturated carbocycles. The standard InChI is InChI=1S/C21H22Cl2N4O3.BrH/c1-27(2,3)13-19(28)25-26-21(30)18(11-15-9-10-16(22)12-17(15)23)24-20(29)14-7-5-4-6-8-14;/h4-12H,13H2,1-3H3,(H2-,24,25,26,28,29,30);1H/p+1/b18-11+;. The summed E-state index contributed by atoms with van der Waals surface area (Å²) < 4.78 is 0.384. The summed E-state index contributed by atoms with van der Waals surface area (Å²) in [5.74, 6) is -1.58. The van der Waals surface area contributed by atoms with Crippen molar-refractivity contribution in [3.8, 4) is 0 Å². The molecule has 0 aliphatic rings. The molecule has 31 heavy (non-hydrogen) atoms. The van der Waals surface area contributed by atoms with E-state index in [9.17, 15) is 14.4 Å². The van der Waals surface area contributed by atoms with Crippen molar-refractivity contribution in [3.63, 3.8) is 0 Å². The number of likely N-dealkylation sites (N-methyl/N-ethyl adjacent to an activating group) is 1. The van der Waals surface area contributed by atoms with Crippen molar-refractivity contribution >= 4 is 64.0 Å². The fourth-order valence-electron chi connectivity index (χ4n) is 2.38. The lowest BCUT2D eigenvalue weighted by Gasteiger charge is -2.23. The Morgan fingerprint density at radius 2 is 1.61 bits per heavy atom. The number of halogens is 3. The lowest BCUT2D eigenvalue weighted by Crippen LogP contribution is -2.51. The van der Waals surface area contributed by atoms with Gasteiger partial charge < -0.3 is 9.80 Å². The molecule has 0 atom stereocenters. The Morgan fingerprint density at radius 1 is 0.968 bits per heavy atom. The molecule has 3 amide bonds. The average Bonchev–Trinajstić information content (AvgIpc) is 2.66. The highest BCUT2D eigenvalue weighted by atomic mass is 79.9. The number of carbonyl (C=O) groups excluding carboxylic acids is 3. The fourth-order valence-corrected chi connectivity index (χ4v) is 2.84. The Kier molecular flexibility index (Phi) is 10.2. The molecular formula is C21H24BrCl2N4O3+. The summed E-state index contributed by atoms with van der Waals surface area (Å²) >= 11 is 12.1. The van der Waals surface area contributed by atoms with Crippen LogP contribution in [0.1, 0.15) is 15.9 Å². The van der Waals surface area contributed by atoms with E-state index in [0.717, 1.165) is 0 Å². The van der Waals surface area contributed by atoms with Gasteiger partial charge >= 0.3 is 0 Å². The number of nitrogens with zero attached hydrogens (tertiary/aromatic N) is 1. The van der Waals surface area contributed by atoms with E-state index in [1.165, 1.54) is 12.1 Å². The normalized spacial score (nSPS) is 11.2. The number of amides is 3. The van der Waals surface area contributed by atoms with E-state index in [1.807, 2.05) is 21.1 Å². The summed E-state index contributed by atoms with van der Waals surface area (Å²) in [5, 5.41) is 3.29. The van der Waals surface area contributed by atoms with Crippen LogP contribution < -0.4 is 16.2 Å². The minimum atomic E-state index is -0.708. The van der Waals surface area contributed by atoms with Crippen LogP contribution in [0.25, 0.3) is 6.08 Å². The van der Waals surface area contributed by atoms with Gasteiger partial charge in [0.25, 0.3) is 17.7 Å². The number of quaternary nitrogens is 1. The average molecular weight is 531 g/mol. The van der Waals surface area contributed by atoms with Crippen LogP contribution in [0.3, 0.4) is 0 Å². The smallest absolute Gasteiger partial charge is 0.293 e. The van der Waals surface area contributed by atoms with Crippen molar-refractivity contribution in [2.24, 2.45) is 0 Å². The molecule has 10 heteroatoms. The van der Waals surface area contributed by atoms with Gasteiger partial charge in [-0.05, 0) is 35.9 Å². The Bertz CT molecular complexity index is 976. The van der Waals surface area contributed by atoms with Gasteiger partial charge in [-0.1, -0.05) is 47.5 Å². The SMILES string of the molecule is Br.C[N+](C)(C)CC(=O)NNC(=O)/C(=C\c1ccc(Cl)cc1Cl)NC(=O)c1ccccc1. The second kappa shape index (κ2) is 11.9. The summed E-state index contributed by atoms with van der Waals surface area (Å²) in [6, 6.07) is 13.2. The molecular weight excluding hydrogens is 507 g/mol. The number of hydrogen-bond donors (Lipinski definition) is 3. The second-order valence-electron chi connectivity index (χ2n) is 7.49. The highest BCUT2D eigenvalue weighted by molar-refractivity contribution is 8.93. The zero-order chi connectivity index (χ0) is 22.3. The number of rotatable bonds is 6. The van der Waals surface area contributed by atoms with E-state index in [2.05, 4.69) is 16.2 Å². The van der Waals surface area contributed by atoms with Crippen LogP contribution in [0.4, 0.5) is 0 Å². The summed E-state index contributed by atoms with van der Waals surface area (Å²) in [7, 11) is 5.53. The van der Waals surface area contributed by atoms with Gasteiger partial charge in [0.2, 0.25) is 0 Å². The van der Waals surface area contributed by atoms with Gasteiger partial charge in [-0.2, -0.15) is 0 Å². The Labute approximate surface area is 201 Å². The molecule has 0 aliphatic heterocycles. The van der Waals surface area contributed by atoms with E-state index in [4.69, 9.17) is 23.2 Å². The van der Waals surface area contributed by atoms with Crippen molar-refractivity contribution in [1.82, 2.24) is 16.2 Å². The van der Waals surface area contributed by atoms with E-state index in [1.54, 1.807) is 42.5 Å². The third kappa shape index (κ3) is 9.10. The number of nitrogens with one attached hydrogen (secondary N) is 3. The minimum absolute atomic E-state index is 0. The molecule has 166 valence electrons. The fraction of sp³-hybridized carbons (Fsp3) is 0.190. The first kappa shape index (κ1) is 26.6. The maximum atomic E-state index is 12.7. The largest absolute Gasteiger partial charge is 0.323 e. The van der Waals surface area contributed by atoms with Gasteiger partial charge in [0.05, 0.1) is 21.1 Å². The molecule has 0 spiro atoms. The van der Waals surface area contributed by atoms with E-state index in [0.29, 0.717) is 25.7 Å². The summed E-state index contributed by atoms with van der Waals surface area (Å²) in [4.78, 5) is 37.2. The zero-order valence-electron chi connectivity index (χ0n) is 17.2. The van der Waals surface area contributed by atoms with Gasteiger partial charge in [0, 0.05) is 15.6 Å². The molecule has 7 nitrogen and oxygen atoms in total. The van der Waals surface area contributed by atoms with Crippen molar-refractivity contribution in [2.45, 2.75) is 0 Å². The molecule has 2 rings (SSSR count). The number of hydrazine groups is 1. The molecule has 0 aromatic heterocycles. The maximum Gasteiger partial charge on any atom is 0.293 e. The van der Waals surface area contributed by atoms with Crippen LogP contribution in [-0.2, 0) is 9.59 Å². The van der Waals surface area contributed by atoms with Crippen LogP contribution in [0.5, 0.6) is 0 Å². The molecule has 2 aromatic carbocycles. The maximum absolute atomic E-state index is 12.7. The number of hydrogen-bond acceptors (Lipinski definition) is 3. The topological polar surface area (TPSA) is 87.3 Å². The third-order valence-electron chi connectivity index (χ3n) is 3.72. The first-order chi connectivity index (χ1) is 14.0. The van der Waals surface area contributed by atoms with Gasteiger partial charge in [0.15, 0.2) is 6.54 Å². The molecule has 0 bridgehead atoms. The quantitative estimate of drug-likeness (QED) is 0.304. The summed E-state index contributed by atoms with van der Waals surface area (Å²) in [6.45, 7) is 0.152. The van der Waals surface area contributed by atoms with Crippen LogP contribution in [0.15, 0.2) is 54.2 Å². The molecule has 0 radical (unpaired) electrons. The van der Waals surface area contributed by atoms with Crippen LogP contribution in [0, 0.1) is 0 Å². The predicted molar refractivity (Wildman–Crippen MR) is 128 cm³/mol. The van der Waals surface area contributed by atoms with Crippen molar-refractivity contribution in [3.05, 3.63) is 75.4 Å². The molecule has 0 aliphatic carbocycles. The molecule has 0 saturated heterocycles. The Morgan fingerprint density at radius 3 is 2.19 bits per heavy atom. The second-order valence-corrected chi connectivity index (χ2v) is 8.34. The molecule has 3 N–H and O–H groups in total. The lowest BCUT2D eigenvalue weighted by molar-refractivity contribution is -0.862. The predicted octanol–water partition coefficient (Wildman–Crippen LogP) is 3.20. The van der Waals surface area contributed by atoms with Gasteiger partial charge in [0.1, 0.15) is 5.70 Å². The third-order valence-corrected chi connectivity index (χ3v) is 4.29. The first-order valence-corrected chi connectivity index (χ1v) is 9.73. The number of carbonyl (C=O) groups is 3. The van der Waals surface area contributed by atoms with E-state index < -0.39 is 11.8 Å². The highest BCUT2D eigenvalue weighted by Gasteiger charge is 2.18. The Balaban J connectivity index is 0.00000480. The first-order valence-electron chi connectivity index (χ1n) is 8.98. The van der Waals surface area contributed by atoms with Crippen LogP contribution in [0.2, 0.25) is 10.0 Å². The monoisotopic (exact) mass is 529 g/mol. The van der Waals surface area contributed by atoms with Crippen LogP contribution in [-0.4, -0.2) is 49.9 Å². The van der Waals surface area contributed by atoms with Gasteiger partial charge in [-0.3, -0.25) is 25.2 Å². The number of benzene rings is 2. The zero-order valence-corrected chi connectivity index (χ0v) is 20.5. The van der Waals surface area contributed by atoms with Crippen molar-refractivity contribution in [2.75, 3.05) is 27.7 Å². The highest BCUT2D eigenvalue weighted by Crippen LogP contribution is 2.23. The summed E-state index contributed by atoms with van der Waals surface area (Å²) in [5.41, 5.74) is 5.39. The molecule has 0 heterocycles. The van der Waals surface area contributed by atoms with E-state index >= 15 is 0 Å². The molecule has 2 aromatic rings. The van der Waals surface area contributed by atoms with Gasteiger partial charge in [-0.15, -0.1) is 17.0 Å². The lowest BCUT2D eigenvalue weighted by atomic mass is 10.1. The summed E-state index contributed by atoms with van der Waals surface area (Å²) in [6.07, 6.45) is 1.40. The van der Waals surface area contributed by atoms with Gasteiger partial charge in [-0.25, -0.2) is 0 Å². The molecule has 0 fully saturated rings.